The maximum absolute atomic E-state index is 6.26. The van der Waals surface area contributed by atoms with Gasteiger partial charge in [-0.1, -0.05) is 58.9 Å². The Labute approximate surface area is 112 Å². The summed E-state index contributed by atoms with van der Waals surface area (Å²) in [5.41, 5.74) is 9.07. The van der Waals surface area contributed by atoms with Crippen molar-refractivity contribution in [3.63, 3.8) is 0 Å². The molecule has 0 bridgehead atoms. The van der Waals surface area contributed by atoms with Crippen LogP contribution in [-0.4, -0.2) is 24.5 Å². The van der Waals surface area contributed by atoms with Crippen molar-refractivity contribution in [2.24, 2.45) is 5.73 Å². The molecule has 0 spiro atoms. The van der Waals surface area contributed by atoms with Crippen LogP contribution in [0.4, 0.5) is 0 Å². The lowest BCUT2D eigenvalue weighted by Gasteiger charge is -2.24. The predicted octanol–water partition coefficient (Wildman–Crippen LogP) is 3.33. The fourth-order valence-corrected chi connectivity index (χ4v) is 2.10. The molecule has 0 aliphatic carbocycles. The molecule has 2 nitrogen and oxygen atoms in total. The molecule has 0 saturated heterocycles. The molecule has 0 fully saturated rings. The summed E-state index contributed by atoms with van der Waals surface area (Å²) < 4.78 is 0. The first kappa shape index (κ1) is 15.2. The van der Waals surface area contributed by atoms with E-state index in [2.05, 4.69) is 63.8 Å². The Morgan fingerprint density at radius 3 is 1.94 bits per heavy atom. The molecule has 0 aliphatic rings. The number of likely N-dealkylation sites (N-methyl/N-ethyl adjacent to an activating group) is 1. The van der Waals surface area contributed by atoms with E-state index < -0.39 is 0 Å². The monoisotopic (exact) mass is 248 g/mol. The first-order valence-electron chi connectivity index (χ1n) is 6.96. The third kappa shape index (κ3) is 4.11. The van der Waals surface area contributed by atoms with Crippen molar-refractivity contribution in [1.82, 2.24) is 4.90 Å². The zero-order valence-electron chi connectivity index (χ0n) is 12.5. The highest BCUT2D eigenvalue weighted by Gasteiger charge is 2.15. The Hall–Kier alpha value is -0.860. The third-order valence-corrected chi connectivity index (χ3v) is 3.55. The molecule has 102 valence electrons. The molecule has 1 aromatic rings. The van der Waals surface area contributed by atoms with E-state index in [4.69, 9.17) is 5.73 Å². The van der Waals surface area contributed by atoms with E-state index >= 15 is 0 Å². The van der Waals surface area contributed by atoms with Crippen LogP contribution in [0.3, 0.4) is 0 Å². The Kier molecular flexibility index (Phi) is 5.36. The van der Waals surface area contributed by atoms with E-state index in [9.17, 15) is 0 Å². The maximum atomic E-state index is 6.26. The largest absolute Gasteiger partial charge is 0.323 e. The minimum Gasteiger partial charge on any atom is -0.323 e. The van der Waals surface area contributed by atoms with Crippen molar-refractivity contribution >= 4 is 0 Å². The van der Waals surface area contributed by atoms with E-state index in [0.717, 1.165) is 19.6 Å². The molecule has 2 N–H and O–H groups in total. The number of hydrogen-bond acceptors (Lipinski definition) is 2. The summed E-state index contributed by atoms with van der Waals surface area (Å²) in [5.74, 6) is 0. The van der Waals surface area contributed by atoms with Gasteiger partial charge >= 0.3 is 0 Å². The molecule has 2 heteroatoms. The Bertz CT molecular complexity index is 344. The molecule has 18 heavy (non-hydrogen) atoms. The minimum atomic E-state index is 0.110. The second-order valence-corrected chi connectivity index (χ2v) is 5.96. The van der Waals surface area contributed by atoms with Gasteiger partial charge in [-0.2, -0.15) is 0 Å². The average Bonchev–Trinajstić information content (AvgIpc) is 2.34. The summed E-state index contributed by atoms with van der Waals surface area (Å²) in [4.78, 5) is 2.36. The fraction of sp³-hybridized carbons (Fsp3) is 0.625. The molecule has 1 rings (SSSR count). The number of rotatable bonds is 5. The third-order valence-electron chi connectivity index (χ3n) is 3.55. The van der Waals surface area contributed by atoms with Gasteiger partial charge in [0, 0.05) is 12.6 Å². The first-order chi connectivity index (χ1) is 8.38. The quantitative estimate of drug-likeness (QED) is 0.866. The van der Waals surface area contributed by atoms with Gasteiger partial charge in [-0.15, -0.1) is 0 Å². The van der Waals surface area contributed by atoms with Crippen molar-refractivity contribution in [1.29, 1.82) is 0 Å². The van der Waals surface area contributed by atoms with E-state index in [0.29, 0.717) is 0 Å². The maximum Gasteiger partial charge on any atom is 0.0424 e. The zero-order valence-corrected chi connectivity index (χ0v) is 12.5. The molecule has 0 amide bonds. The predicted molar refractivity (Wildman–Crippen MR) is 79.9 cm³/mol. The molecular formula is C16H28N2. The van der Waals surface area contributed by atoms with Crippen LogP contribution in [0.2, 0.25) is 0 Å². The van der Waals surface area contributed by atoms with Gasteiger partial charge < -0.3 is 10.6 Å². The van der Waals surface area contributed by atoms with Gasteiger partial charge in [0.05, 0.1) is 0 Å². The Morgan fingerprint density at radius 2 is 1.56 bits per heavy atom. The minimum absolute atomic E-state index is 0.110. The number of nitrogens with zero attached hydrogens (tertiary/aromatic N) is 1. The van der Waals surface area contributed by atoms with E-state index in [1.165, 1.54) is 11.1 Å². The number of nitrogens with two attached hydrogens (primary N) is 1. The van der Waals surface area contributed by atoms with Crippen LogP contribution in [0.1, 0.15) is 51.8 Å². The molecular weight excluding hydrogens is 220 g/mol. The molecule has 0 aliphatic heterocycles. The summed E-state index contributed by atoms with van der Waals surface area (Å²) in [6.07, 6.45) is 0. The van der Waals surface area contributed by atoms with E-state index in [-0.39, 0.29) is 11.5 Å². The van der Waals surface area contributed by atoms with Crippen LogP contribution in [0.5, 0.6) is 0 Å². The summed E-state index contributed by atoms with van der Waals surface area (Å²) in [6.45, 7) is 14.1. The smallest absolute Gasteiger partial charge is 0.0424 e. The highest BCUT2D eigenvalue weighted by molar-refractivity contribution is 5.29. The van der Waals surface area contributed by atoms with Gasteiger partial charge in [0.1, 0.15) is 0 Å². The van der Waals surface area contributed by atoms with E-state index in [1.54, 1.807) is 0 Å². The lowest BCUT2D eigenvalue weighted by atomic mass is 9.86. The van der Waals surface area contributed by atoms with Crippen LogP contribution in [0.15, 0.2) is 24.3 Å². The van der Waals surface area contributed by atoms with Gasteiger partial charge in [0.15, 0.2) is 0 Å². The van der Waals surface area contributed by atoms with Gasteiger partial charge in [0.2, 0.25) is 0 Å². The normalized spacial score (nSPS) is 13.9. The zero-order chi connectivity index (χ0) is 13.8. The van der Waals surface area contributed by atoms with Crippen LogP contribution in [-0.2, 0) is 5.41 Å². The molecule has 0 saturated carbocycles. The van der Waals surface area contributed by atoms with Gasteiger partial charge in [-0.25, -0.2) is 0 Å². The number of hydrogen-bond donors (Lipinski definition) is 1. The molecule has 0 radical (unpaired) electrons. The highest BCUT2D eigenvalue weighted by Crippen LogP contribution is 2.23. The average molecular weight is 248 g/mol. The van der Waals surface area contributed by atoms with Gasteiger partial charge in [-0.05, 0) is 29.6 Å². The Balaban J connectivity index is 2.73. The fourth-order valence-electron chi connectivity index (χ4n) is 2.10. The van der Waals surface area contributed by atoms with Crippen molar-refractivity contribution in [3.8, 4) is 0 Å². The second kappa shape index (κ2) is 6.35. The lowest BCUT2D eigenvalue weighted by molar-refractivity contribution is 0.284. The second-order valence-electron chi connectivity index (χ2n) is 5.96. The van der Waals surface area contributed by atoms with Crippen molar-refractivity contribution < 1.29 is 0 Å². The van der Waals surface area contributed by atoms with Crippen molar-refractivity contribution in [2.75, 3.05) is 19.6 Å². The lowest BCUT2D eigenvalue weighted by Crippen LogP contribution is -2.32. The van der Waals surface area contributed by atoms with Gasteiger partial charge in [-0.3, -0.25) is 0 Å². The summed E-state index contributed by atoms with van der Waals surface area (Å²) >= 11 is 0. The summed E-state index contributed by atoms with van der Waals surface area (Å²) in [7, 11) is 0. The standard InChI is InChI=1S/C16H28N2/c1-6-18(7-2)12-15(17)13-8-10-14(11-9-13)16(3,4)5/h8-11,15H,6-7,12,17H2,1-5H3. The molecule has 1 aromatic carbocycles. The molecule has 1 atom stereocenters. The topological polar surface area (TPSA) is 29.3 Å². The Morgan fingerprint density at radius 1 is 1.06 bits per heavy atom. The van der Waals surface area contributed by atoms with Crippen LogP contribution < -0.4 is 5.73 Å². The molecule has 0 heterocycles. The van der Waals surface area contributed by atoms with Gasteiger partial charge in [0.25, 0.3) is 0 Å². The van der Waals surface area contributed by atoms with Crippen molar-refractivity contribution in [2.45, 2.75) is 46.1 Å². The SMILES string of the molecule is CCN(CC)CC(N)c1ccc(C(C)(C)C)cc1. The number of benzene rings is 1. The van der Waals surface area contributed by atoms with E-state index in [1.807, 2.05) is 0 Å². The molecule has 0 aromatic heterocycles. The molecule has 1 unspecified atom stereocenters. The van der Waals surface area contributed by atoms with Crippen molar-refractivity contribution in [3.05, 3.63) is 35.4 Å². The van der Waals surface area contributed by atoms with Crippen LogP contribution >= 0.6 is 0 Å². The summed E-state index contributed by atoms with van der Waals surface area (Å²) in [6, 6.07) is 8.87. The first-order valence-corrected chi connectivity index (χ1v) is 6.96. The summed E-state index contributed by atoms with van der Waals surface area (Å²) in [5, 5.41) is 0. The van der Waals surface area contributed by atoms with Crippen LogP contribution in [0, 0.1) is 0 Å². The van der Waals surface area contributed by atoms with Crippen LogP contribution in [0.25, 0.3) is 0 Å². The highest BCUT2D eigenvalue weighted by atomic mass is 15.1.